The summed E-state index contributed by atoms with van der Waals surface area (Å²) in [7, 11) is 1.64. The number of aromatic nitrogens is 4. The minimum absolute atomic E-state index is 0.146. The zero-order chi connectivity index (χ0) is 24.4. The van der Waals surface area contributed by atoms with Gasteiger partial charge in [0.1, 0.15) is 18.0 Å². The Kier molecular flexibility index (Phi) is 6.09. The number of ether oxygens (including phenoxy) is 2. The van der Waals surface area contributed by atoms with Crippen molar-refractivity contribution in [3.8, 4) is 17.4 Å². The fraction of sp³-hybridized carbons (Fsp3) is 0.280. The molecule has 0 spiro atoms. The number of benzene rings is 2. The van der Waals surface area contributed by atoms with Gasteiger partial charge in [0.15, 0.2) is 0 Å². The van der Waals surface area contributed by atoms with Gasteiger partial charge in [0.05, 0.1) is 7.11 Å². The summed E-state index contributed by atoms with van der Waals surface area (Å²) >= 11 is 0. The number of hydrogen-bond donors (Lipinski definition) is 0. The normalized spacial score (nSPS) is 13.8. The number of piperazine rings is 1. The van der Waals surface area contributed by atoms with Crippen LogP contribution in [0, 0.1) is 6.92 Å². The van der Waals surface area contributed by atoms with E-state index in [1.807, 2.05) is 55.5 Å². The van der Waals surface area contributed by atoms with Gasteiger partial charge in [0.25, 0.3) is 5.88 Å². The van der Waals surface area contributed by atoms with Crippen LogP contribution in [0.2, 0.25) is 0 Å². The highest BCUT2D eigenvalue weighted by Crippen LogP contribution is 2.23. The molecule has 35 heavy (non-hydrogen) atoms. The Balaban J connectivity index is 1.27. The smallest absolute Gasteiger partial charge is 0.351 e. The summed E-state index contributed by atoms with van der Waals surface area (Å²) in [6.45, 7) is 4.38. The summed E-state index contributed by atoms with van der Waals surface area (Å²) in [6, 6.07) is 15.4. The second-order valence-electron chi connectivity index (χ2n) is 8.35. The van der Waals surface area contributed by atoms with Gasteiger partial charge in [-0.05, 0) is 43.3 Å². The van der Waals surface area contributed by atoms with Crippen LogP contribution in [0.15, 0.2) is 65.7 Å². The number of carbonyl (C=O) groups is 1. The van der Waals surface area contributed by atoms with Crippen molar-refractivity contribution in [2.75, 3.05) is 38.2 Å². The van der Waals surface area contributed by atoms with E-state index in [0.29, 0.717) is 31.9 Å². The first-order valence-electron chi connectivity index (χ1n) is 11.4. The van der Waals surface area contributed by atoms with Gasteiger partial charge in [-0.1, -0.05) is 17.7 Å². The Labute approximate surface area is 201 Å². The van der Waals surface area contributed by atoms with Crippen molar-refractivity contribution in [1.29, 1.82) is 0 Å². The molecule has 1 fully saturated rings. The lowest BCUT2D eigenvalue weighted by molar-refractivity contribution is -0.132. The van der Waals surface area contributed by atoms with Crippen molar-refractivity contribution in [2.45, 2.75) is 13.5 Å². The van der Waals surface area contributed by atoms with E-state index in [1.165, 1.54) is 16.8 Å². The molecule has 2 aromatic heterocycles. The lowest BCUT2D eigenvalue weighted by Gasteiger charge is -2.36. The molecule has 0 N–H and O–H groups in total. The third-order valence-electron chi connectivity index (χ3n) is 6.06. The summed E-state index contributed by atoms with van der Waals surface area (Å²) in [5.74, 6) is 1.44. The van der Waals surface area contributed by atoms with Crippen LogP contribution < -0.4 is 20.1 Å². The van der Waals surface area contributed by atoms with E-state index in [1.54, 1.807) is 12.0 Å². The lowest BCUT2D eigenvalue weighted by atomic mass is 10.2. The van der Waals surface area contributed by atoms with Crippen LogP contribution >= 0.6 is 0 Å². The fourth-order valence-corrected chi connectivity index (χ4v) is 4.05. The molecule has 1 saturated heterocycles. The quantitative estimate of drug-likeness (QED) is 0.423. The molecule has 0 radical (unpaired) electrons. The summed E-state index contributed by atoms with van der Waals surface area (Å²) < 4.78 is 13.6. The monoisotopic (exact) mass is 474 g/mol. The largest absolute Gasteiger partial charge is 0.497 e. The predicted octanol–water partition coefficient (Wildman–Crippen LogP) is 2.35. The third-order valence-corrected chi connectivity index (χ3v) is 6.06. The molecular weight excluding hydrogens is 448 g/mol. The first kappa shape index (κ1) is 22.5. The van der Waals surface area contributed by atoms with Crippen molar-refractivity contribution in [3.63, 3.8) is 0 Å². The van der Waals surface area contributed by atoms with E-state index in [4.69, 9.17) is 9.47 Å². The second-order valence-corrected chi connectivity index (χ2v) is 8.35. The number of amides is 1. The molecule has 10 heteroatoms. The number of carbonyl (C=O) groups excluding carboxylic acids is 1. The number of hydrogen-bond acceptors (Lipinski definition) is 7. The minimum atomic E-state index is -0.415. The van der Waals surface area contributed by atoms with Crippen LogP contribution in [0.5, 0.6) is 17.4 Å². The van der Waals surface area contributed by atoms with Gasteiger partial charge in [-0.2, -0.15) is 0 Å². The lowest BCUT2D eigenvalue weighted by Crippen LogP contribution is -2.50. The summed E-state index contributed by atoms with van der Waals surface area (Å²) in [4.78, 5) is 34.1. The van der Waals surface area contributed by atoms with Crippen molar-refractivity contribution in [1.82, 2.24) is 24.1 Å². The molecule has 2 aromatic carbocycles. The third kappa shape index (κ3) is 4.68. The molecule has 1 amide bonds. The molecular formula is C25H26N6O4. The Hall–Kier alpha value is -4.34. The van der Waals surface area contributed by atoms with Crippen LogP contribution in [-0.2, 0) is 11.3 Å². The molecule has 10 nitrogen and oxygen atoms in total. The standard InChI is InChI=1S/C25H26N6O4/c1-18-3-7-21(8-4-18)35-24-23-27-31(25(33)30(23)12-11-26-24)17-22(32)29-15-13-28(14-16-29)19-5-9-20(34-2)10-6-19/h3-12H,13-17H2,1-2H3. The summed E-state index contributed by atoms with van der Waals surface area (Å²) in [6.07, 6.45) is 2.99. The maximum Gasteiger partial charge on any atom is 0.351 e. The molecule has 0 saturated carbocycles. The Morgan fingerprint density at radius 1 is 0.971 bits per heavy atom. The topological polar surface area (TPSA) is 94.2 Å². The predicted molar refractivity (Wildman–Crippen MR) is 130 cm³/mol. The average molecular weight is 475 g/mol. The Morgan fingerprint density at radius 2 is 1.66 bits per heavy atom. The molecule has 1 aliphatic rings. The minimum Gasteiger partial charge on any atom is -0.497 e. The van der Waals surface area contributed by atoms with Crippen molar-refractivity contribution >= 4 is 17.2 Å². The highest BCUT2D eigenvalue weighted by atomic mass is 16.5. The number of aryl methyl sites for hydroxylation is 1. The molecule has 3 heterocycles. The zero-order valence-corrected chi connectivity index (χ0v) is 19.6. The Bertz CT molecular complexity index is 1390. The van der Waals surface area contributed by atoms with Crippen LogP contribution in [0.1, 0.15) is 5.56 Å². The van der Waals surface area contributed by atoms with Crippen LogP contribution in [0.25, 0.3) is 5.65 Å². The SMILES string of the molecule is COc1ccc(N2CCN(C(=O)Cn3nc4c(Oc5ccc(C)cc5)nccn4c3=O)CC2)cc1. The molecule has 1 aliphatic heterocycles. The molecule has 0 bridgehead atoms. The number of anilines is 1. The van der Waals surface area contributed by atoms with E-state index < -0.39 is 5.69 Å². The fourth-order valence-electron chi connectivity index (χ4n) is 4.05. The Morgan fingerprint density at radius 3 is 2.34 bits per heavy atom. The van der Waals surface area contributed by atoms with Crippen molar-refractivity contribution in [3.05, 3.63) is 77.0 Å². The van der Waals surface area contributed by atoms with Crippen molar-refractivity contribution in [2.24, 2.45) is 0 Å². The van der Waals surface area contributed by atoms with E-state index in [2.05, 4.69) is 15.0 Å². The summed E-state index contributed by atoms with van der Waals surface area (Å²) in [5.41, 5.74) is 2.03. The number of nitrogens with zero attached hydrogens (tertiary/aromatic N) is 6. The van der Waals surface area contributed by atoms with Gasteiger partial charge >= 0.3 is 5.69 Å². The highest BCUT2D eigenvalue weighted by Gasteiger charge is 2.23. The average Bonchev–Trinajstić information content (AvgIpc) is 3.21. The van der Waals surface area contributed by atoms with E-state index >= 15 is 0 Å². The van der Waals surface area contributed by atoms with Crippen LogP contribution in [0.3, 0.4) is 0 Å². The van der Waals surface area contributed by atoms with Gasteiger partial charge in [0, 0.05) is 44.3 Å². The first-order chi connectivity index (χ1) is 17.0. The maximum atomic E-state index is 13.0. The number of methoxy groups -OCH3 is 1. The zero-order valence-electron chi connectivity index (χ0n) is 19.6. The van der Waals surface area contributed by atoms with Gasteiger partial charge in [-0.15, -0.1) is 5.10 Å². The van der Waals surface area contributed by atoms with E-state index in [-0.39, 0.29) is 24.0 Å². The molecule has 5 rings (SSSR count). The van der Waals surface area contributed by atoms with Crippen LogP contribution in [-0.4, -0.2) is 63.3 Å². The van der Waals surface area contributed by atoms with E-state index in [0.717, 1.165) is 21.7 Å². The molecule has 0 atom stereocenters. The first-order valence-corrected chi connectivity index (χ1v) is 11.4. The number of fused-ring (bicyclic) bond motifs is 1. The molecule has 0 aliphatic carbocycles. The van der Waals surface area contributed by atoms with Crippen LogP contribution in [0.4, 0.5) is 5.69 Å². The van der Waals surface area contributed by atoms with Gasteiger partial charge in [-0.25, -0.2) is 18.9 Å². The van der Waals surface area contributed by atoms with E-state index in [9.17, 15) is 9.59 Å². The molecule has 0 unspecified atom stereocenters. The molecule has 4 aromatic rings. The summed E-state index contributed by atoms with van der Waals surface area (Å²) in [5, 5.41) is 4.35. The molecule has 180 valence electrons. The number of rotatable bonds is 6. The van der Waals surface area contributed by atoms with Gasteiger partial charge in [0.2, 0.25) is 11.6 Å². The van der Waals surface area contributed by atoms with Crippen molar-refractivity contribution < 1.29 is 14.3 Å². The maximum absolute atomic E-state index is 13.0. The van der Waals surface area contributed by atoms with Gasteiger partial charge in [-0.3, -0.25) is 4.79 Å². The highest BCUT2D eigenvalue weighted by molar-refractivity contribution is 5.76. The van der Waals surface area contributed by atoms with Gasteiger partial charge < -0.3 is 19.3 Å². The second kappa shape index (κ2) is 9.49.